The fourth-order valence-electron chi connectivity index (χ4n) is 1.92. The minimum Gasteiger partial charge on any atom is -0.300 e. The zero-order valence-electron chi connectivity index (χ0n) is 10.4. The van der Waals surface area contributed by atoms with E-state index in [4.69, 9.17) is 11.6 Å². The van der Waals surface area contributed by atoms with Crippen molar-refractivity contribution >= 4 is 22.5 Å². The number of fused-ring (bicyclic) bond motifs is 1. The summed E-state index contributed by atoms with van der Waals surface area (Å²) in [5.74, 6) is 0. The predicted octanol–water partition coefficient (Wildman–Crippen LogP) is 1.09. The Morgan fingerprint density at radius 2 is 2.00 bits per heavy atom. The van der Waals surface area contributed by atoms with Gasteiger partial charge in [-0.3, -0.25) is 9.36 Å². The van der Waals surface area contributed by atoms with E-state index in [1.54, 1.807) is 39.2 Å². The minimum absolute atomic E-state index is 0.313. The van der Waals surface area contributed by atoms with Crippen molar-refractivity contribution in [2.45, 2.75) is 13.1 Å². The number of hydrogen-bond donors (Lipinski definition) is 1. The van der Waals surface area contributed by atoms with Crippen LogP contribution >= 0.6 is 11.6 Å². The summed E-state index contributed by atoms with van der Waals surface area (Å²) in [5.41, 5.74) is -0.139. The highest BCUT2D eigenvalue weighted by molar-refractivity contribution is 6.31. The zero-order chi connectivity index (χ0) is 13.4. The van der Waals surface area contributed by atoms with Gasteiger partial charge in [0.15, 0.2) is 0 Å². The van der Waals surface area contributed by atoms with Gasteiger partial charge < -0.3 is 5.32 Å². The van der Waals surface area contributed by atoms with E-state index < -0.39 is 0 Å². The van der Waals surface area contributed by atoms with Gasteiger partial charge in [0.1, 0.15) is 0 Å². The third-order valence-corrected chi connectivity index (χ3v) is 3.30. The molecule has 0 fully saturated rings. The van der Waals surface area contributed by atoms with E-state index in [0.717, 1.165) is 0 Å². The first-order valence-corrected chi connectivity index (χ1v) is 5.93. The second kappa shape index (κ2) is 4.59. The summed E-state index contributed by atoms with van der Waals surface area (Å²) in [6.07, 6.45) is -0.365. The molecule has 0 aliphatic carbocycles. The molecule has 0 saturated carbocycles. The highest BCUT2D eigenvalue weighted by Gasteiger charge is 2.14. The van der Waals surface area contributed by atoms with Crippen molar-refractivity contribution in [3.63, 3.8) is 0 Å². The molecule has 1 N–H and O–H groups in total. The molecular weight excluding hydrogens is 254 g/mol. The summed E-state index contributed by atoms with van der Waals surface area (Å²) in [7, 11) is 3.32. The summed E-state index contributed by atoms with van der Waals surface area (Å²) >= 11 is 5.89. The van der Waals surface area contributed by atoms with Crippen LogP contribution in [0.1, 0.15) is 13.1 Å². The van der Waals surface area contributed by atoms with Gasteiger partial charge in [0.05, 0.1) is 17.1 Å². The van der Waals surface area contributed by atoms with Crippen molar-refractivity contribution < 1.29 is 0 Å². The summed E-state index contributed by atoms with van der Waals surface area (Å²) in [5, 5.41) is 3.86. The van der Waals surface area contributed by atoms with Gasteiger partial charge in [-0.25, -0.2) is 9.36 Å². The van der Waals surface area contributed by atoms with E-state index in [1.165, 1.54) is 9.13 Å². The molecule has 1 aromatic carbocycles. The maximum atomic E-state index is 12.3. The molecule has 18 heavy (non-hydrogen) atoms. The molecule has 0 amide bonds. The third-order valence-electron chi connectivity index (χ3n) is 3.07. The molecule has 0 radical (unpaired) electrons. The second-order valence-corrected chi connectivity index (χ2v) is 4.58. The Bertz CT molecular complexity index is 718. The number of benzene rings is 1. The number of nitrogens with one attached hydrogen (secondary N) is 1. The topological polar surface area (TPSA) is 56.0 Å². The summed E-state index contributed by atoms with van der Waals surface area (Å²) in [6.45, 7) is 1.75. The quantitative estimate of drug-likeness (QED) is 0.886. The Labute approximate surface area is 109 Å². The molecule has 2 rings (SSSR count). The van der Waals surface area contributed by atoms with Gasteiger partial charge in [-0.2, -0.15) is 0 Å². The molecule has 6 heteroatoms. The molecule has 5 nitrogen and oxygen atoms in total. The van der Waals surface area contributed by atoms with Crippen molar-refractivity contribution in [3.05, 3.63) is 44.1 Å². The van der Waals surface area contributed by atoms with E-state index in [1.807, 2.05) is 0 Å². The van der Waals surface area contributed by atoms with E-state index in [2.05, 4.69) is 5.32 Å². The molecule has 1 unspecified atom stereocenters. The Balaban J connectivity index is 2.97. The van der Waals surface area contributed by atoms with Crippen molar-refractivity contribution in [2.24, 2.45) is 7.05 Å². The molecule has 1 heterocycles. The average Bonchev–Trinajstić information content (AvgIpc) is 2.35. The minimum atomic E-state index is -0.365. The van der Waals surface area contributed by atoms with Crippen LogP contribution in [0, 0.1) is 0 Å². The van der Waals surface area contributed by atoms with Gasteiger partial charge in [-0.05, 0) is 32.2 Å². The van der Waals surface area contributed by atoms with E-state index in [0.29, 0.717) is 15.9 Å². The second-order valence-electron chi connectivity index (χ2n) is 4.14. The smallest absolute Gasteiger partial charge is 0.300 e. The van der Waals surface area contributed by atoms with Crippen LogP contribution in [0.4, 0.5) is 0 Å². The molecule has 0 aliphatic rings. The summed E-state index contributed by atoms with van der Waals surface area (Å²) in [4.78, 5) is 24.4. The van der Waals surface area contributed by atoms with E-state index in [-0.39, 0.29) is 17.4 Å². The average molecular weight is 268 g/mol. The van der Waals surface area contributed by atoms with Crippen molar-refractivity contribution in [3.8, 4) is 0 Å². The predicted molar refractivity (Wildman–Crippen MR) is 72.2 cm³/mol. The molecule has 2 aromatic rings. The molecule has 0 bridgehead atoms. The van der Waals surface area contributed by atoms with Crippen molar-refractivity contribution in [1.82, 2.24) is 14.5 Å². The van der Waals surface area contributed by atoms with Crippen LogP contribution in [0.3, 0.4) is 0 Å². The molecule has 0 spiro atoms. The van der Waals surface area contributed by atoms with Crippen LogP contribution in [-0.2, 0) is 7.05 Å². The van der Waals surface area contributed by atoms with Gasteiger partial charge in [0.2, 0.25) is 0 Å². The maximum Gasteiger partial charge on any atom is 0.332 e. The first-order valence-electron chi connectivity index (χ1n) is 5.55. The van der Waals surface area contributed by atoms with Gasteiger partial charge in [0, 0.05) is 12.1 Å². The lowest BCUT2D eigenvalue weighted by Crippen LogP contribution is -2.44. The first kappa shape index (κ1) is 12.9. The van der Waals surface area contributed by atoms with Crippen LogP contribution in [0.15, 0.2) is 27.8 Å². The maximum absolute atomic E-state index is 12.3. The third kappa shape index (κ3) is 1.85. The lowest BCUT2D eigenvalue weighted by molar-refractivity contribution is 0.437. The van der Waals surface area contributed by atoms with Crippen LogP contribution in [0.5, 0.6) is 0 Å². The summed E-state index contributed by atoms with van der Waals surface area (Å²) < 4.78 is 2.62. The van der Waals surface area contributed by atoms with Gasteiger partial charge >= 0.3 is 5.69 Å². The number of hydrogen-bond acceptors (Lipinski definition) is 3. The number of aryl methyl sites for hydroxylation is 1. The van der Waals surface area contributed by atoms with Crippen LogP contribution in [0.2, 0.25) is 5.02 Å². The highest BCUT2D eigenvalue weighted by atomic mass is 35.5. The van der Waals surface area contributed by atoms with Crippen molar-refractivity contribution in [1.29, 1.82) is 0 Å². The molecular formula is C12H14ClN3O2. The van der Waals surface area contributed by atoms with Crippen molar-refractivity contribution in [2.75, 3.05) is 7.05 Å². The normalized spacial score (nSPS) is 12.9. The fraction of sp³-hybridized carbons (Fsp3) is 0.333. The number of halogens is 1. The molecule has 0 aliphatic heterocycles. The number of rotatable bonds is 2. The fourth-order valence-corrected chi connectivity index (χ4v) is 2.08. The molecule has 96 valence electrons. The van der Waals surface area contributed by atoms with Gasteiger partial charge in [-0.1, -0.05) is 11.6 Å². The van der Waals surface area contributed by atoms with Gasteiger partial charge in [0.25, 0.3) is 5.56 Å². The van der Waals surface area contributed by atoms with Crippen LogP contribution in [-0.4, -0.2) is 16.2 Å². The van der Waals surface area contributed by atoms with Crippen LogP contribution < -0.4 is 16.6 Å². The Morgan fingerprint density at radius 3 is 2.61 bits per heavy atom. The standard InChI is InChI=1S/C12H14ClN3O2/c1-7(14-2)16-11(17)9-5-4-8(13)6-10(9)15(3)12(16)18/h4-7,14H,1-3H3. The highest BCUT2D eigenvalue weighted by Crippen LogP contribution is 2.15. The Hall–Kier alpha value is -1.59. The largest absolute Gasteiger partial charge is 0.332 e. The van der Waals surface area contributed by atoms with Crippen LogP contribution in [0.25, 0.3) is 10.9 Å². The number of aromatic nitrogens is 2. The van der Waals surface area contributed by atoms with E-state index in [9.17, 15) is 9.59 Å². The lowest BCUT2D eigenvalue weighted by atomic mass is 10.2. The van der Waals surface area contributed by atoms with E-state index >= 15 is 0 Å². The molecule has 1 atom stereocenters. The SMILES string of the molecule is CNC(C)n1c(=O)c2ccc(Cl)cc2n(C)c1=O. The number of nitrogens with zero attached hydrogens (tertiary/aromatic N) is 2. The lowest BCUT2D eigenvalue weighted by Gasteiger charge is -2.16. The first-order chi connectivity index (χ1) is 8.47. The Morgan fingerprint density at radius 1 is 1.33 bits per heavy atom. The monoisotopic (exact) mass is 267 g/mol. The van der Waals surface area contributed by atoms with Gasteiger partial charge in [-0.15, -0.1) is 0 Å². The molecule has 1 aromatic heterocycles. The summed E-state index contributed by atoms with van der Waals surface area (Å²) in [6, 6.07) is 4.90. The Kier molecular flexibility index (Phi) is 3.28. The zero-order valence-corrected chi connectivity index (χ0v) is 11.2. The molecule has 0 saturated heterocycles.